The second-order valence-electron chi connectivity index (χ2n) is 10.5. The largest absolute Gasteiger partial charge is 0.508 e. The van der Waals surface area contributed by atoms with E-state index in [4.69, 9.17) is 5.73 Å². The maximum atomic E-state index is 14.0. The van der Waals surface area contributed by atoms with Crippen molar-refractivity contribution in [3.8, 4) is 16.9 Å². The number of aromatic hydroxyl groups is 1. The Balaban J connectivity index is 1.82. The first-order valence-electron chi connectivity index (χ1n) is 12.2. The van der Waals surface area contributed by atoms with Gasteiger partial charge in [-0.05, 0) is 54.9 Å². The number of rotatable bonds is 3. The molecule has 3 aliphatic rings. The first-order valence-corrected chi connectivity index (χ1v) is 12.2. The molecule has 0 spiro atoms. The first-order chi connectivity index (χ1) is 18.2. The molecule has 2 aromatic rings. The number of ketones is 2. The number of nitrogens with zero attached hydrogens (tertiary/aromatic N) is 1. The number of amides is 1. The third kappa shape index (κ3) is 3.40. The summed E-state index contributed by atoms with van der Waals surface area (Å²) in [5, 5.41) is 56.6. The zero-order chi connectivity index (χ0) is 28.7. The van der Waals surface area contributed by atoms with Crippen LogP contribution in [0.25, 0.3) is 16.9 Å². The minimum atomic E-state index is -2.98. The molecular weight excluding hydrogens is 511 g/mol. The van der Waals surface area contributed by atoms with Crippen LogP contribution in [0.3, 0.4) is 0 Å². The van der Waals surface area contributed by atoms with Gasteiger partial charge in [0.1, 0.15) is 28.7 Å². The SMILES string of the molecule is C[C@H]1c2c(-c3ccc(F)cc3)ccc(O)c2C(O)=C2C(=O)[C@]3(O)C(O)=C(C(N)=O)C(=O)[C@@H](N(C)C)[C@H]3[C@@H](O)[C@H]21. The molecule has 0 aromatic heterocycles. The Morgan fingerprint density at radius 1 is 1.05 bits per heavy atom. The number of benzene rings is 2. The van der Waals surface area contributed by atoms with Gasteiger partial charge in [0.2, 0.25) is 5.78 Å². The molecule has 1 fully saturated rings. The van der Waals surface area contributed by atoms with Gasteiger partial charge >= 0.3 is 0 Å². The highest BCUT2D eigenvalue weighted by Crippen LogP contribution is 2.57. The third-order valence-electron chi connectivity index (χ3n) is 8.26. The van der Waals surface area contributed by atoms with Crippen molar-refractivity contribution in [1.82, 2.24) is 4.90 Å². The summed E-state index contributed by atoms with van der Waals surface area (Å²) in [4.78, 5) is 40.7. The Hall–Kier alpha value is -4.06. The number of nitrogens with two attached hydrogens (primary N) is 1. The highest BCUT2D eigenvalue weighted by atomic mass is 19.1. The molecule has 10 nitrogen and oxygen atoms in total. The van der Waals surface area contributed by atoms with E-state index in [9.17, 15) is 44.3 Å². The van der Waals surface area contributed by atoms with Gasteiger partial charge in [0, 0.05) is 11.5 Å². The summed E-state index contributed by atoms with van der Waals surface area (Å²) in [5.74, 6) is -10.1. The van der Waals surface area contributed by atoms with Crippen molar-refractivity contribution in [2.24, 2.45) is 17.6 Å². The van der Waals surface area contributed by atoms with E-state index in [1.165, 1.54) is 49.3 Å². The Morgan fingerprint density at radius 3 is 2.23 bits per heavy atom. The van der Waals surface area contributed by atoms with Gasteiger partial charge in [0.25, 0.3) is 5.91 Å². The summed E-state index contributed by atoms with van der Waals surface area (Å²) in [6.45, 7) is 1.64. The van der Waals surface area contributed by atoms with Crippen LogP contribution in [0.4, 0.5) is 4.39 Å². The molecule has 11 heteroatoms. The number of aliphatic hydroxyl groups excluding tert-OH is 3. The van der Waals surface area contributed by atoms with E-state index in [0.29, 0.717) is 16.7 Å². The van der Waals surface area contributed by atoms with Gasteiger partial charge in [-0.1, -0.05) is 25.1 Å². The highest BCUT2D eigenvalue weighted by molar-refractivity contribution is 6.24. The molecule has 3 aliphatic carbocycles. The molecule has 6 atom stereocenters. The number of primary amides is 1. The van der Waals surface area contributed by atoms with Gasteiger partial charge in [-0.25, -0.2) is 4.39 Å². The zero-order valence-corrected chi connectivity index (χ0v) is 21.2. The number of carbonyl (C=O) groups excluding carboxylic acids is 3. The molecule has 5 rings (SSSR count). The van der Waals surface area contributed by atoms with Crippen LogP contribution in [0, 0.1) is 17.7 Å². The van der Waals surface area contributed by atoms with E-state index in [0.717, 1.165) is 0 Å². The van der Waals surface area contributed by atoms with Crippen LogP contribution in [0.5, 0.6) is 5.75 Å². The normalized spacial score (nSPS) is 30.3. The number of phenols is 1. The average molecular weight is 539 g/mol. The van der Waals surface area contributed by atoms with E-state index in [1.54, 1.807) is 13.0 Å². The fourth-order valence-corrected chi connectivity index (χ4v) is 6.58. The summed E-state index contributed by atoms with van der Waals surface area (Å²) in [7, 11) is 2.88. The molecule has 0 saturated heterocycles. The van der Waals surface area contributed by atoms with Crippen molar-refractivity contribution in [1.29, 1.82) is 0 Å². The molecule has 0 bridgehead atoms. The Kier molecular flexibility index (Phi) is 5.94. The zero-order valence-electron chi connectivity index (χ0n) is 21.2. The third-order valence-corrected chi connectivity index (χ3v) is 8.26. The molecular formula is C28H27FN2O8. The molecule has 1 amide bonds. The number of hydrogen-bond acceptors (Lipinski definition) is 9. The smallest absolute Gasteiger partial charge is 0.255 e. The van der Waals surface area contributed by atoms with Gasteiger partial charge in [0.05, 0.1) is 23.6 Å². The summed E-state index contributed by atoms with van der Waals surface area (Å²) in [6, 6.07) is 6.89. The van der Waals surface area contributed by atoms with Crippen LogP contribution in [0.2, 0.25) is 0 Å². The van der Waals surface area contributed by atoms with E-state index in [2.05, 4.69) is 0 Å². The Morgan fingerprint density at radius 2 is 1.67 bits per heavy atom. The highest BCUT2D eigenvalue weighted by Gasteiger charge is 2.68. The van der Waals surface area contributed by atoms with E-state index < -0.39 is 87.2 Å². The van der Waals surface area contributed by atoms with Crippen molar-refractivity contribution < 1.29 is 44.3 Å². The number of Topliss-reactive ketones (excluding diaryl/α,β-unsaturated/α-hetero) is 2. The van der Waals surface area contributed by atoms with Crippen LogP contribution in [-0.4, -0.2) is 79.7 Å². The van der Waals surface area contributed by atoms with Crippen molar-refractivity contribution in [2.45, 2.75) is 30.6 Å². The maximum absolute atomic E-state index is 14.0. The molecule has 0 heterocycles. The lowest BCUT2D eigenvalue weighted by Crippen LogP contribution is -2.70. The molecule has 0 aliphatic heterocycles. The number of carbonyl (C=O) groups is 3. The number of phenolic OH excluding ortho intramolecular Hbond substituents is 1. The maximum Gasteiger partial charge on any atom is 0.255 e. The molecule has 204 valence electrons. The van der Waals surface area contributed by atoms with Crippen molar-refractivity contribution >= 4 is 23.2 Å². The number of likely N-dealkylation sites (N-methyl/N-ethyl adjacent to an activating group) is 1. The van der Waals surface area contributed by atoms with E-state index >= 15 is 0 Å². The summed E-state index contributed by atoms with van der Waals surface area (Å²) < 4.78 is 13.6. The van der Waals surface area contributed by atoms with Gasteiger partial charge in [0.15, 0.2) is 11.4 Å². The molecule has 39 heavy (non-hydrogen) atoms. The summed E-state index contributed by atoms with van der Waals surface area (Å²) in [5.41, 5.74) is 2.14. The van der Waals surface area contributed by atoms with Gasteiger partial charge < -0.3 is 31.3 Å². The molecule has 0 radical (unpaired) electrons. The second-order valence-corrected chi connectivity index (χ2v) is 10.5. The number of hydrogen-bond donors (Lipinski definition) is 6. The van der Waals surface area contributed by atoms with Crippen LogP contribution < -0.4 is 5.73 Å². The Bertz CT molecular complexity index is 1510. The molecule has 1 saturated carbocycles. The fraction of sp³-hybridized carbons (Fsp3) is 0.321. The van der Waals surface area contributed by atoms with Gasteiger partial charge in [-0.2, -0.15) is 0 Å². The average Bonchev–Trinajstić information content (AvgIpc) is 2.86. The summed E-state index contributed by atoms with van der Waals surface area (Å²) >= 11 is 0. The van der Waals surface area contributed by atoms with Gasteiger partial charge in [-0.15, -0.1) is 0 Å². The number of halogens is 1. The number of aliphatic hydroxyl groups is 4. The fourth-order valence-electron chi connectivity index (χ4n) is 6.58. The van der Waals surface area contributed by atoms with Crippen LogP contribution in [0.15, 0.2) is 53.3 Å². The lowest BCUT2D eigenvalue weighted by molar-refractivity contribution is -0.169. The Labute approximate surface area is 222 Å². The number of fused-ring (bicyclic) bond motifs is 3. The van der Waals surface area contributed by atoms with Crippen molar-refractivity contribution in [2.75, 3.05) is 14.1 Å². The standard InChI is InChI=1S/C28H27FN2O8/c1-10-15-13(11-4-6-12(29)7-5-11)8-9-14(32)17(15)22(33)18-16(10)23(34)20-21(31(2)3)24(35)19(27(30)38)26(37)28(20,39)25(18)36/h4-10,16,20-21,23,32-34,37,39H,1-3H3,(H2,30,38)/t10-,16-,20-,21-,23-,28-/m0/s1. The van der Waals surface area contributed by atoms with Crippen molar-refractivity contribution in [3.05, 3.63) is 70.2 Å². The lowest BCUT2D eigenvalue weighted by atomic mass is 9.54. The summed E-state index contributed by atoms with van der Waals surface area (Å²) in [6.07, 6.45) is -1.70. The van der Waals surface area contributed by atoms with Crippen LogP contribution in [-0.2, 0) is 14.4 Å². The van der Waals surface area contributed by atoms with E-state index in [-0.39, 0.29) is 5.56 Å². The minimum Gasteiger partial charge on any atom is -0.508 e. The molecule has 7 N–H and O–H groups in total. The quantitative estimate of drug-likeness (QED) is 0.314. The van der Waals surface area contributed by atoms with E-state index in [1.807, 2.05) is 0 Å². The van der Waals surface area contributed by atoms with Crippen molar-refractivity contribution in [3.63, 3.8) is 0 Å². The predicted molar refractivity (Wildman–Crippen MR) is 136 cm³/mol. The monoisotopic (exact) mass is 538 g/mol. The minimum absolute atomic E-state index is 0.132. The second kappa shape index (κ2) is 8.73. The lowest BCUT2D eigenvalue weighted by Gasteiger charge is -2.53. The molecule has 2 aromatic carbocycles. The molecule has 0 unspecified atom stereocenters. The topological polar surface area (TPSA) is 182 Å². The van der Waals surface area contributed by atoms with Crippen LogP contribution >= 0.6 is 0 Å². The van der Waals surface area contributed by atoms with Crippen LogP contribution in [0.1, 0.15) is 24.0 Å². The first kappa shape index (κ1) is 26.5. The van der Waals surface area contributed by atoms with Gasteiger partial charge in [-0.3, -0.25) is 19.3 Å². The predicted octanol–water partition coefficient (Wildman–Crippen LogP) is 1.30.